The van der Waals surface area contributed by atoms with Gasteiger partial charge in [-0.05, 0) is 29.8 Å². The number of methoxy groups -OCH3 is 1. The Morgan fingerprint density at radius 2 is 1.83 bits per heavy atom. The summed E-state index contributed by atoms with van der Waals surface area (Å²) in [4.78, 5) is 24.4. The molecule has 0 aliphatic carbocycles. The van der Waals surface area contributed by atoms with Crippen LogP contribution >= 0.6 is 0 Å². The minimum atomic E-state index is -0.778. The van der Waals surface area contributed by atoms with Crippen molar-refractivity contribution in [2.75, 3.05) is 7.11 Å². The highest BCUT2D eigenvalue weighted by molar-refractivity contribution is 6.01. The normalized spacial score (nSPS) is 10.6. The number of fused-ring (bicyclic) bond motifs is 1. The molecule has 1 heterocycles. The van der Waals surface area contributed by atoms with E-state index in [1.54, 1.807) is 0 Å². The predicted molar refractivity (Wildman–Crippen MR) is 85.3 cm³/mol. The lowest BCUT2D eigenvalue weighted by Crippen LogP contribution is -2.19. The van der Waals surface area contributed by atoms with Crippen LogP contribution in [0.1, 0.15) is 16.1 Å². The summed E-state index contributed by atoms with van der Waals surface area (Å²) in [6, 6.07) is 14.5. The lowest BCUT2D eigenvalue weighted by molar-refractivity contribution is 0.0585. The molecule has 0 aliphatic rings. The summed E-state index contributed by atoms with van der Waals surface area (Å²) in [5, 5.41) is 0.536. The van der Waals surface area contributed by atoms with E-state index in [4.69, 9.17) is 4.74 Å². The smallest absolute Gasteiger partial charge is 0.419 e. The van der Waals surface area contributed by atoms with E-state index in [1.807, 2.05) is 30.3 Å². The summed E-state index contributed by atoms with van der Waals surface area (Å²) in [7, 11) is 1.21. The van der Waals surface area contributed by atoms with Gasteiger partial charge >= 0.3 is 12.1 Å². The molecule has 5 nitrogen and oxygen atoms in total. The van der Waals surface area contributed by atoms with Gasteiger partial charge in [0.15, 0.2) is 0 Å². The van der Waals surface area contributed by atoms with E-state index in [0.29, 0.717) is 5.39 Å². The number of nitrogens with zero attached hydrogens (tertiary/aromatic N) is 1. The summed E-state index contributed by atoms with van der Waals surface area (Å²) in [6.07, 6.45) is -0.778. The first-order chi connectivity index (χ1) is 11.6. The molecule has 122 valence electrons. The first-order valence-corrected chi connectivity index (χ1v) is 7.20. The lowest BCUT2D eigenvalue weighted by atomic mass is 10.2. The molecule has 0 fully saturated rings. The maximum absolute atomic E-state index is 13.5. The minimum absolute atomic E-state index is 0.0174. The monoisotopic (exact) mass is 327 g/mol. The molecule has 0 unspecified atom stereocenters. The van der Waals surface area contributed by atoms with Crippen molar-refractivity contribution in [1.29, 1.82) is 0 Å². The summed E-state index contributed by atoms with van der Waals surface area (Å²) >= 11 is 0. The maximum atomic E-state index is 13.5. The van der Waals surface area contributed by atoms with Gasteiger partial charge in [-0.15, -0.1) is 0 Å². The zero-order valence-corrected chi connectivity index (χ0v) is 12.9. The fourth-order valence-electron chi connectivity index (χ4n) is 2.41. The largest absolute Gasteiger partial charge is 0.464 e. The van der Waals surface area contributed by atoms with Crippen LogP contribution in [-0.2, 0) is 16.1 Å². The van der Waals surface area contributed by atoms with Crippen molar-refractivity contribution >= 4 is 23.0 Å². The standard InChI is InChI=1S/C18H14FNO4/c1-23-17(21)16-9-13-7-8-14(19)10-15(13)20(16)18(22)24-11-12-5-3-2-4-6-12/h2-10H,11H2,1H3. The van der Waals surface area contributed by atoms with E-state index >= 15 is 0 Å². The number of hydrogen-bond acceptors (Lipinski definition) is 4. The van der Waals surface area contributed by atoms with Crippen molar-refractivity contribution in [3.63, 3.8) is 0 Å². The van der Waals surface area contributed by atoms with Gasteiger partial charge in [-0.25, -0.2) is 18.5 Å². The van der Waals surface area contributed by atoms with Crippen LogP contribution in [-0.4, -0.2) is 23.7 Å². The molecular formula is C18H14FNO4. The van der Waals surface area contributed by atoms with Crippen LogP contribution in [0.4, 0.5) is 9.18 Å². The van der Waals surface area contributed by atoms with Crippen molar-refractivity contribution in [1.82, 2.24) is 4.57 Å². The molecule has 24 heavy (non-hydrogen) atoms. The Morgan fingerprint density at radius 3 is 2.54 bits per heavy atom. The summed E-state index contributed by atoms with van der Waals surface area (Å²) in [5.74, 6) is -1.22. The average Bonchev–Trinajstić information content (AvgIpc) is 2.98. The molecule has 6 heteroatoms. The Bertz CT molecular complexity index is 902. The van der Waals surface area contributed by atoms with Crippen LogP contribution in [0, 0.1) is 5.82 Å². The van der Waals surface area contributed by atoms with Gasteiger partial charge in [0.2, 0.25) is 0 Å². The number of esters is 1. The van der Waals surface area contributed by atoms with Gasteiger partial charge in [0.1, 0.15) is 18.1 Å². The Hall–Kier alpha value is -3.15. The van der Waals surface area contributed by atoms with Gasteiger partial charge in [-0.3, -0.25) is 0 Å². The topological polar surface area (TPSA) is 57.5 Å². The molecular weight excluding hydrogens is 313 g/mol. The van der Waals surface area contributed by atoms with Gasteiger partial charge < -0.3 is 9.47 Å². The fraction of sp³-hybridized carbons (Fsp3) is 0.111. The molecule has 0 atom stereocenters. The van der Waals surface area contributed by atoms with Gasteiger partial charge in [0.05, 0.1) is 12.6 Å². The molecule has 0 amide bonds. The third kappa shape index (κ3) is 2.99. The zero-order chi connectivity index (χ0) is 17.1. The van der Waals surface area contributed by atoms with Crippen LogP contribution < -0.4 is 0 Å². The zero-order valence-electron chi connectivity index (χ0n) is 12.9. The van der Waals surface area contributed by atoms with Crippen LogP contribution in [0.2, 0.25) is 0 Å². The van der Waals surface area contributed by atoms with Gasteiger partial charge in [0, 0.05) is 5.39 Å². The number of hydrogen-bond donors (Lipinski definition) is 0. The van der Waals surface area contributed by atoms with Crippen molar-refractivity contribution in [2.45, 2.75) is 6.61 Å². The van der Waals surface area contributed by atoms with Crippen molar-refractivity contribution in [2.24, 2.45) is 0 Å². The fourth-order valence-corrected chi connectivity index (χ4v) is 2.41. The van der Waals surface area contributed by atoms with E-state index in [9.17, 15) is 14.0 Å². The molecule has 1 aromatic heterocycles. The van der Waals surface area contributed by atoms with Crippen molar-refractivity contribution in [3.05, 3.63) is 71.7 Å². The third-order valence-electron chi connectivity index (χ3n) is 3.55. The number of halogens is 1. The molecule has 3 rings (SSSR count). The second-order valence-corrected chi connectivity index (χ2v) is 5.10. The lowest BCUT2D eigenvalue weighted by Gasteiger charge is -2.09. The molecule has 0 aliphatic heterocycles. The molecule has 0 bridgehead atoms. The van der Waals surface area contributed by atoms with Gasteiger partial charge in [-0.1, -0.05) is 30.3 Å². The molecule has 0 N–H and O–H groups in total. The van der Waals surface area contributed by atoms with E-state index < -0.39 is 17.9 Å². The minimum Gasteiger partial charge on any atom is -0.464 e. The number of carbonyl (C=O) groups is 2. The predicted octanol–water partition coefficient (Wildman–Crippen LogP) is 3.75. The van der Waals surface area contributed by atoms with Crippen molar-refractivity contribution in [3.8, 4) is 0 Å². The Balaban J connectivity index is 1.98. The van der Waals surface area contributed by atoms with E-state index in [1.165, 1.54) is 31.4 Å². The van der Waals surface area contributed by atoms with E-state index in [0.717, 1.165) is 10.1 Å². The number of aromatic nitrogens is 1. The summed E-state index contributed by atoms with van der Waals surface area (Å²) in [5.41, 5.74) is 1.03. The Morgan fingerprint density at radius 1 is 1.08 bits per heavy atom. The van der Waals surface area contributed by atoms with Crippen molar-refractivity contribution < 1.29 is 23.5 Å². The average molecular weight is 327 g/mol. The molecule has 2 aromatic carbocycles. The Labute approximate surface area is 137 Å². The third-order valence-corrected chi connectivity index (χ3v) is 3.55. The molecule has 0 saturated carbocycles. The first kappa shape index (κ1) is 15.7. The summed E-state index contributed by atoms with van der Waals surface area (Å²) < 4.78 is 24.5. The highest BCUT2D eigenvalue weighted by Gasteiger charge is 2.22. The SMILES string of the molecule is COC(=O)c1cc2ccc(F)cc2n1C(=O)OCc1ccccc1. The number of benzene rings is 2. The molecule has 0 saturated heterocycles. The van der Waals surface area contributed by atoms with Crippen LogP contribution in [0.3, 0.4) is 0 Å². The summed E-state index contributed by atoms with van der Waals surface area (Å²) in [6.45, 7) is 0.0370. The van der Waals surface area contributed by atoms with E-state index in [-0.39, 0.29) is 17.8 Å². The van der Waals surface area contributed by atoms with E-state index in [2.05, 4.69) is 4.74 Å². The van der Waals surface area contributed by atoms with Crippen LogP contribution in [0.5, 0.6) is 0 Å². The number of ether oxygens (including phenoxy) is 2. The quantitative estimate of drug-likeness (QED) is 0.688. The van der Waals surface area contributed by atoms with Crippen LogP contribution in [0.15, 0.2) is 54.6 Å². The van der Waals surface area contributed by atoms with Crippen LogP contribution in [0.25, 0.3) is 10.9 Å². The molecule has 0 spiro atoms. The highest BCUT2D eigenvalue weighted by atomic mass is 19.1. The second-order valence-electron chi connectivity index (χ2n) is 5.10. The first-order valence-electron chi connectivity index (χ1n) is 7.20. The Kier molecular flexibility index (Phi) is 4.29. The molecule has 3 aromatic rings. The molecule has 0 radical (unpaired) electrons. The van der Waals surface area contributed by atoms with Gasteiger partial charge in [-0.2, -0.15) is 0 Å². The number of rotatable bonds is 3. The maximum Gasteiger partial charge on any atom is 0.419 e. The highest BCUT2D eigenvalue weighted by Crippen LogP contribution is 2.22. The van der Waals surface area contributed by atoms with Gasteiger partial charge in [0.25, 0.3) is 0 Å². The number of carbonyl (C=O) groups excluding carboxylic acids is 2. The second kappa shape index (κ2) is 6.54.